The van der Waals surface area contributed by atoms with Crippen molar-refractivity contribution in [1.29, 1.82) is 0 Å². The van der Waals surface area contributed by atoms with Crippen LogP contribution in [0.15, 0.2) is 78.9 Å². The quantitative estimate of drug-likeness (QED) is 0.348. The van der Waals surface area contributed by atoms with Gasteiger partial charge in [-0.15, -0.1) is 13.2 Å². The molecule has 7 heteroatoms. The van der Waals surface area contributed by atoms with Crippen molar-refractivity contribution in [2.75, 3.05) is 7.11 Å². The summed E-state index contributed by atoms with van der Waals surface area (Å²) in [6, 6.07) is 23.4. The van der Waals surface area contributed by atoms with Crippen LogP contribution in [0.5, 0.6) is 5.75 Å². The number of carbonyl (C=O) groups is 1. The zero-order valence-electron chi connectivity index (χ0n) is 17.2. The molecule has 0 aliphatic carbocycles. The first-order valence-corrected chi connectivity index (χ1v) is 9.91. The zero-order chi connectivity index (χ0) is 22.7. The number of carbonyl (C=O) groups excluding carboxylic acids is 1. The molecule has 4 nitrogen and oxygen atoms in total. The molecular formula is C25H20F3NO3. The highest BCUT2D eigenvalue weighted by Gasteiger charge is 2.31. The number of fused-ring (bicyclic) bond motifs is 1. The van der Waals surface area contributed by atoms with Crippen molar-refractivity contribution in [3.63, 3.8) is 0 Å². The van der Waals surface area contributed by atoms with Crippen molar-refractivity contribution >= 4 is 16.9 Å². The summed E-state index contributed by atoms with van der Waals surface area (Å²) in [6.07, 6.45) is -4.59. The Morgan fingerprint density at radius 3 is 2.25 bits per heavy atom. The summed E-state index contributed by atoms with van der Waals surface area (Å²) >= 11 is 0. The third kappa shape index (κ3) is 4.94. The fraction of sp³-hybridized carbons (Fsp3) is 0.160. The topological polar surface area (TPSA) is 40.5 Å². The zero-order valence-corrected chi connectivity index (χ0v) is 17.2. The molecule has 0 N–H and O–H groups in total. The summed E-state index contributed by atoms with van der Waals surface area (Å²) in [4.78, 5) is 12.0. The SMILES string of the molecule is COC(=O)Cc1cc2cc(-c3ccc(OC(F)(F)F)cc3)ccc2n1Cc1ccccc1. The van der Waals surface area contributed by atoms with E-state index < -0.39 is 6.36 Å². The Bertz CT molecular complexity index is 1230. The van der Waals surface area contributed by atoms with E-state index in [0.29, 0.717) is 6.54 Å². The van der Waals surface area contributed by atoms with Crippen molar-refractivity contribution < 1.29 is 27.4 Å². The Kier molecular flexibility index (Phi) is 5.90. The van der Waals surface area contributed by atoms with Gasteiger partial charge in [0.2, 0.25) is 0 Å². The molecule has 164 valence electrons. The van der Waals surface area contributed by atoms with Gasteiger partial charge in [-0.2, -0.15) is 0 Å². The Hall–Kier alpha value is -3.74. The normalized spacial score (nSPS) is 11.5. The van der Waals surface area contributed by atoms with Crippen molar-refractivity contribution in [3.8, 4) is 16.9 Å². The maximum absolute atomic E-state index is 12.4. The van der Waals surface area contributed by atoms with Crippen LogP contribution in [-0.4, -0.2) is 24.0 Å². The van der Waals surface area contributed by atoms with E-state index in [1.165, 1.54) is 19.2 Å². The van der Waals surface area contributed by atoms with Crippen LogP contribution in [0.3, 0.4) is 0 Å². The van der Waals surface area contributed by atoms with E-state index in [-0.39, 0.29) is 18.1 Å². The van der Waals surface area contributed by atoms with Crippen LogP contribution in [0.4, 0.5) is 13.2 Å². The molecule has 4 rings (SSSR count). The number of aromatic nitrogens is 1. The van der Waals surface area contributed by atoms with E-state index >= 15 is 0 Å². The van der Waals surface area contributed by atoms with Gasteiger partial charge in [-0.05, 0) is 47.0 Å². The van der Waals surface area contributed by atoms with Crippen LogP contribution < -0.4 is 4.74 Å². The van der Waals surface area contributed by atoms with Crippen molar-refractivity contribution in [2.45, 2.75) is 19.3 Å². The lowest BCUT2D eigenvalue weighted by atomic mass is 10.0. The molecule has 1 aromatic heterocycles. The number of benzene rings is 3. The number of hydrogen-bond acceptors (Lipinski definition) is 3. The van der Waals surface area contributed by atoms with Gasteiger partial charge in [0.25, 0.3) is 0 Å². The number of methoxy groups -OCH3 is 1. The van der Waals surface area contributed by atoms with Crippen LogP contribution in [0.1, 0.15) is 11.3 Å². The molecule has 0 fully saturated rings. The summed E-state index contributed by atoms with van der Waals surface area (Å²) in [5.41, 5.74) is 4.47. The highest BCUT2D eigenvalue weighted by atomic mass is 19.4. The van der Waals surface area contributed by atoms with Gasteiger partial charge in [0.1, 0.15) is 5.75 Å². The standard InChI is InChI=1S/C25H20F3NO3/c1-31-24(30)15-21-14-20-13-19(18-7-10-22(11-8-18)32-25(26,27)28)9-12-23(20)29(21)16-17-5-3-2-4-6-17/h2-14H,15-16H2,1H3. The second-order valence-corrected chi connectivity index (χ2v) is 7.31. The van der Waals surface area contributed by atoms with E-state index in [4.69, 9.17) is 4.74 Å². The van der Waals surface area contributed by atoms with Gasteiger partial charge in [0.05, 0.1) is 13.5 Å². The maximum atomic E-state index is 12.4. The Morgan fingerprint density at radius 1 is 0.906 bits per heavy atom. The van der Waals surface area contributed by atoms with Crippen LogP contribution in [-0.2, 0) is 22.5 Å². The lowest BCUT2D eigenvalue weighted by Crippen LogP contribution is -2.16. The van der Waals surface area contributed by atoms with Crippen molar-refractivity contribution in [2.24, 2.45) is 0 Å². The van der Waals surface area contributed by atoms with E-state index in [2.05, 4.69) is 9.30 Å². The molecule has 0 saturated heterocycles. The number of hydrogen-bond donors (Lipinski definition) is 0. The molecule has 4 aromatic rings. The number of nitrogens with zero attached hydrogens (tertiary/aromatic N) is 1. The molecule has 0 unspecified atom stereocenters. The molecule has 0 spiro atoms. The molecule has 3 aromatic carbocycles. The molecule has 0 atom stereocenters. The number of alkyl halides is 3. The average molecular weight is 439 g/mol. The third-order valence-electron chi connectivity index (χ3n) is 5.15. The summed E-state index contributed by atoms with van der Waals surface area (Å²) in [5, 5.41) is 0.924. The van der Waals surface area contributed by atoms with E-state index in [1.54, 1.807) is 12.1 Å². The Balaban J connectivity index is 1.70. The lowest BCUT2D eigenvalue weighted by Gasteiger charge is -2.11. The van der Waals surface area contributed by atoms with Crippen molar-refractivity contribution in [3.05, 3.63) is 90.1 Å². The maximum Gasteiger partial charge on any atom is 0.573 e. The molecule has 0 aliphatic heterocycles. The summed E-state index contributed by atoms with van der Waals surface area (Å²) in [6.45, 7) is 0.597. The summed E-state index contributed by atoms with van der Waals surface area (Å²) < 4.78 is 48.0. The number of esters is 1. The molecule has 0 aliphatic rings. The molecule has 1 heterocycles. The second kappa shape index (κ2) is 8.78. The molecule has 0 radical (unpaired) electrons. The predicted octanol–water partition coefficient (Wildman–Crippen LogP) is 5.97. The van der Waals surface area contributed by atoms with E-state index in [0.717, 1.165) is 33.3 Å². The number of halogens is 3. The van der Waals surface area contributed by atoms with Gasteiger partial charge in [-0.1, -0.05) is 48.5 Å². The van der Waals surface area contributed by atoms with Gasteiger partial charge < -0.3 is 14.0 Å². The van der Waals surface area contributed by atoms with Crippen LogP contribution in [0, 0.1) is 0 Å². The van der Waals surface area contributed by atoms with Crippen LogP contribution >= 0.6 is 0 Å². The highest BCUT2D eigenvalue weighted by molar-refractivity contribution is 5.88. The number of rotatable bonds is 6. The molecule has 32 heavy (non-hydrogen) atoms. The van der Waals surface area contributed by atoms with Gasteiger partial charge in [0, 0.05) is 23.1 Å². The minimum atomic E-state index is -4.72. The first kappa shape index (κ1) is 21.5. The fourth-order valence-corrected chi connectivity index (χ4v) is 3.68. The number of ether oxygens (including phenoxy) is 2. The van der Waals surface area contributed by atoms with Crippen LogP contribution in [0.25, 0.3) is 22.0 Å². The van der Waals surface area contributed by atoms with Crippen LogP contribution in [0.2, 0.25) is 0 Å². The fourth-order valence-electron chi connectivity index (χ4n) is 3.68. The average Bonchev–Trinajstić information content (AvgIpc) is 3.10. The van der Waals surface area contributed by atoms with Gasteiger partial charge in [-0.3, -0.25) is 4.79 Å². The largest absolute Gasteiger partial charge is 0.573 e. The molecule has 0 amide bonds. The highest BCUT2D eigenvalue weighted by Crippen LogP contribution is 2.30. The first-order chi connectivity index (χ1) is 15.3. The Morgan fingerprint density at radius 2 is 1.59 bits per heavy atom. The summed E-state index contributed by atoms with van der Waals surface area (Å²) in [7, 11) is 1.36. The molecule has 0 saturated carbocycles. The lowest BCUT2D eigenvalue weighted by molar-refractivity contribution is -0.274. The minimum absolute atomic E-state index is 0.136. The first-order valence-electron chi connectivity index (χ1n) is 9.91. The van der Waals surface area contributed by atoms with E-state index in [9.17, 15) is 18.0 Å². The van der Waals surface area contributed by atoms with Gasteiger partial charge in [-0.25, -0.2) is 0 Å². The second-order valence-electron chi connectivity index (χ2n) is 7.31. The van der Waals surface area contributed by atoms with Gasteiger partial charge >= 0.3 is 12.3 Å². The Labute approximate surface area is 182 Å². The minimum Gasteiger partial charge on any atom is -0.469 e. The summed E-state index contributed by atoms with van der Waals surface area (Å²) in [5.74, 6) is -0.598. The molecule has 0 bridgehead atoms. The van der Waals surface area contributed by atoms with Gasteiger partial charge in [0.15, 0.2) is 0 Å². The smallest absolute Gasteiger partial charge is 0.469 e. The van der Waals surface area contributed by atoms with E-state index in [1.807, 2.05) is 54.6 Å². The molecular weight excluding hydrogens is 419 g/mol. The van der Waals surface area contributed by atoms with Crippen molar-refractivity contribution in [1.82, 2.24) is 4.57 Å². The predicted molar refractivity (Wildman–Crippen MR) is 115 cm³/mol. The monoisotopic (exact) mass is 439 g/mol. The third-order valence-corrected chi connectivity index (χ3v) is 5.15.